The van der Waals surface area contributed by atoms with Crippen LogP contribution in [0.5, 0.6) is 0 Å². The standard InChI is InChI=1S/C17H16Cl2N2O2S/c18-12-3-4-13(14(19)10-12)17(23)21-7-5-20(6-8-21)11-15(22)16-2-1-9-24-16/h1-4,9-10H,5-8,11H2. The highest BCUT2D eigenvalue weighted by Crippen LogP contribution is 2.23. The van der Waals surface area contributed by atoms with Crippen LogP contribution < -0.4 is 0 Å². The first-order chi connectivity index (χ1) is 11.5. The van der Waals surface area contributed by atoms with E-state index in [1.54, 1.807) is 23.1 Å². The highest BCUT2D eigenvalue weighted by atomic mass is 35.5. The number of halogens is 2. The molecule has 3 rings (SSSR count). The third kappa shape index (κ3) is 3.98. The van der Waals surface area contributed by atoms with Gasteiger partial charge in [0.2, 0.25) is 0 Å². The van der Waals surface area contributed by atoms with Gasteiger partial charge in [-0.05, 0) is 29.6 Å². The molecule has 1 saturated heterocycles. The Morgan fingerprint density at radius 3 is 2.46 bits per heavy atom. The quantitative estimate of drug-likeness (QED) is 0.756. The van der Waals surface area contributed by atoms with Crippen LogP contribution >= 0.6 is 34.5 Å². The second-order valence-electron chi connectivity index (χ2n) is 5.59. The van der Waals surface area contributed by atoms with Crippen molar-refractivity contribution in [3.8, 4) is 0 Å². The first-order valence-corrected chi connectivity index (χ1v) is 9.21. The molecule has 0 aliphatic carbocycles. The number of ketones is 1. The van der Waals surface area contributed by atoms with Crippen molar-refractivity contribution < 1.29 is 9.59 Å². The molecule has 1 aliphatic heterocycles. The number of nitrogens with zero attached hydrogens (tertiary/aromatic N) is 2. The number of rotatable bonds is 4. The van der Waals surface area contributed by atoms with E-state index in [2.05, 4.69) is 4.90 Å². The predicted octanol–water partition coefficient (Wildman–Crippen LogP) is 3.70. The van der Waals surface area contributed by atoms with Gasteiger partial charge in [0.1, 0.15) is 0 Å². The molecule has 1 aromatic carbocycles. The maximum atomic E-state index is 12.6. The molecule has 0 bridgehead atoms. The number of piperazine rings is 1. The van der Waals surface area contributed by atoms with Crippen LogP contribution in [0.1, 0.15) is 20.0 Å². The fourth-order valence-corrected chi connectivity index (χ4v) is 3.81. The Hall–Kier alpha value is -1.40. The summed E-state index contributed by atoms with van der Waals surface area (Å²) in [6.45, 7) is 2.90. The Labute approximate surface area is 154 Å². The van der Waals surface area contributed by atoms with Gasteiger partial charge in [-0.1, -0.05) is 29.3 Å². The van der Waals surface area contributed by atoms with E-state index in [1.165, 1.54) is 11.3 Å². The Kier molecular flexibility index (Phi) is 5.56. The van der Waals surface area contributed by atoms with Crippen LogP contribution in [0.4, 0.5) is 0 Å². The smallest absolute Gasteiger partial charge is 0.255 e. The van der Waals surface area contributed by atoms with E-state index >= 15 is 0 Å². The zero-order valence-electron chi connectivity index (χ0n) is 12.9. The summed E-state index contributed by atoms with van der Waals surface area (Å²) in [4.78, 5) is 29.3. The maximum Gasteiger partial charge on any atom is 0.255 e. The largest absolute Gasteiger partial charge is 0.336 e. The second kappa shape index (κ2) is 7.66. The number of carbonyl (C=O) groups excluding carboxylic acids is 2. The molecule has 0 N–H and O–H groups in total. The molecular weight excluding hydrogens is 367 g/mol. The predicted molar refractivity (Wildman–Crippen MR) is 97.5 cm³/mol. The maximum absolute atomic E-state index is 12.6. The molecule has 0 saturated carbocycles. The monoisotopic (exact) mass is 382 g/mol. The summed E-state index contributed by atoms with van der Waals surface area (Å²) in [7, 11) is 0. The number of thiophene rings is 1. The van der Waals surface area contributed by atoms with Crippen LogP contribution in [0.25, 0.3) is 0 Å². The first kappa shape index (κ1) is 17.4. The molecule has 4 nitrogen and oxygen atoms in total. The summed E-state index contributed by atoms with van der Waals surface area (Å²) in [6, 6.07) is 8.61. The van der Waals surface area contributed by atoms with Crippen molar-refractivity contribution in [1.82, 2.24) is 9.80 Å². The van der Waals surface area contributed by atoms with Gasteiger partial charge in [-0.15, -0.1) is 11.3 Å². The van der Waals surface area contributed by atoms with Crippen LogP contribution in [0.15, 0.2) is 35.7 Å². The van der Waals surface area contributed by atoms with Gasteiger partial charge in [0, 0.05) is 31.2 Å². The van der Waals surface area contributed by atoms with Crippen LogP contribution in [-0.4, -0.2) is 54.2 Å². The van der Waals surface area contributed by atoms with Crippen molar-refractivity contribution in [3.63, 3.8) is 0 Å². The van der Waals surface area contributed by atoms with Gasteiger partial charge in [-0.2, -0.15) is 0 Å². The van der Waals surface area contributed by atoms with Gasteiger partial charge in [-0.3, -0.25) is 14.5 Å². The van der Waals surface area contributed by atoms with Crippen molar-refractivity contribution in [2.24, 2.45) is 0 Å². The lowest BCUT2D eigenvalue weighted by atomic mass is 10.1. The van der Waals surface area contributed by atoms with Gasteiger partial charge >= 0.3 is 0 Å². The van der Waals surface area contributed by atoms with Gasteiger partial charge in [0.05, 0.1) is 22.0 Å². The van der Waals surface area contributed by atoms with E-state index < -0.39 is 0 Å². The van der Waals surface area contributed by atoms with Crippen LogP contribution in [-0.2, 0) is 0 Å². The SMILES string of the molecule is O=C(CN1CCN(C(=O)c2ccc(Cl)cc2Cl)CC1)c1cccs1. The summed E-state index contributed by atoms with van der Waals surface area (Å²) < 4.78 is 0. The molecule has 2 heterocycles. The Bertz CT molecular complexity index is 741. The van der Waals surface area contributed by atoms with Gasteiger partial charge in [0.15, 0.2) is 5.78 Å². The molecule has 7 heteroatoms. The van der Waals surface area contributed by atoms with Crippen molar-refractivity contribution in [1.29, 1.82) is 0 Å². The van der Waals surface area contributed by atoms with E-state index in [-0.39, 0.29) is 11.7 Å². The summed E-state index contributed by atoms with van der Waals surface area (Å²) in [5.41, 5.74) is 0.462. The zero-order chi connectivity index (χ0) is 17.1. The molecule has 0 spiro atoms. The highest BCUT2D eigenvalue weighted by Gasteiger charge is 2.25. The molecule has 0 radical (unpaired) electrons. The molecule has 126 valence electrons. The number of carbonyl (C=O) groups is 2. The highest BCUT2D eigenvalue weighted by molar-refractivity contribution is 7.12. The summed E-state index contributed by atoms with van der Waals surface area (Å²) >= 11 is 13.4. The molecular formula is C17H16Cl2N2O2S. The minimum Gasteiger partial charge on any atom is -0.336 e. The molecule has 0 atom stereocenters. The topological polar surface area (TPSA) is 40.6 Å². The summed E-state index contributed by atoms with van der Waals surface area (Å²) in [6.07, 6.45) is 0. The second-order valence-corrected chi connectivity index (χ2v) is 7.38. The van der Waals surface area contributed by atoms with Gasteiger partial charge in [-0.25, -0.2) is 0 Å². The number of hydrogen-bond acceptors (Lipinski definition) is 4. The Balaban J connectivity index is 1.56. The third-order valence-corrected chi connectivity index (χ3v) is 5.44. The lowest BCUT2D eigenvalue weighted by Crippen LogP contribution is -2.49. The molecule has 1 aromatic heterocycles. The molecule has 1 amide bonds. The lowest BCUT2D eigenvalue weighted by molar-refractivity contribution is 0.0625. The normalized spacial score (nSPS) is 15.5. The summed E-state index contributed by atoms with van der Waals surface area (Å²) in [5.74, 6) is 0.0337. The Morgan fingerprint density at radius 2 is 1.83 bits per heavy atom. The van der Waals surface area contributed by atoms with Crippen LogP contribution in [0.3, 0.4) is 0 Å². The fraction of sp³-hybridized carbons (Fsp3) is 0.294. The minimum atomic E-state index is -0.0964. The van der Waals surface area contributed by atoms with E-state index in [0.717, 1.165) is 4.88 Å². The summed E-state index contributed by atoms with van der Waals surface area (Å²) in [5, 5.41) is 2.77. The third-order valence-electron chi connectivity index (χ3n) is 3.98. The van der Waals surface area contributed by atoms with Gasteiger partial charge < -0.3 is 4.90 Å². The van der Waals surface area contributed by atoms with Crippen LogP contribution in [0, 0.1) is 0 Å². The van der Waals surface area contributed by atoms with Crippen molar-refractivity contribution in [2.75, 3.05) is 32.7 Å². The minimum absolute atomic E-state index is 0.0964. The number of Topliss-reactive ketones (excluding diaryl/α,β-unsaturated/α-hetero) is 1. The number of amides is 1. The molecule has 1 fully saturated rings. The van der Waals surface area contributed by atoms with Crippen LogP contribution in [0.2, 0.25) is 10.0 Å². The van der Waals surface area contributed by atoms with Crippen molar-refractivity contribution >= 4 is 46.2 Å². The fourth-order valence-electron chi connectivity index (χ4n) is 2.66. The molecule has 24 heavy (non-hydrogen) atoms. The lowest BCUT2D eigenvalue weighted by Gasteiger charge is -2.34. The van der Waals surface area contributed by atoms with E-state index in [9.17, 15) is 9.59 Å². The Morgan fingerprint density at radius 1 is 1.08 bits per heavy atom. The average Bonchev–Trinajstić information content (AvgIpc) is 3.09. The molecule has 1 aliphatic rings. The zero-order valence-corrected chi connectivity index (χ0v) is 15.2. The number of hydrogen-bond donors (Lipinski definition) is 0. The van der Waals surface area contributed by atoms with E-state index in [0.29, 0.717) is 48.3 Å². The van der Waals surface area contributed by atoms with Crippen molar-refractivity contribution in [2.45, 2.75) is 0 Å². The molecule has 2 aromatic rings. The molecule has 0 unspecified atom stereocenters. The van der Waals surface area contributed by atoms with Crippen molar-refractivity contribution in [3.05, 3.63) is 56.2 Å². The van der Waals surface area contributed by atoms with E-state index in [1.807, 2.05) is 17.5 Å². The van der Waals surface area contributed by atoms with E-state index in [4.69, 9.17) is 23.2 Å². The number of benzene rings is 1. The average molecular weight is 383 g/mol. The van der Waals surface area contributed by atoms with Gasteiger partial charge in [0.25, 0.3) is 5.91 Å². The first-order valence-electron chi connectivity index (χ1n) is 7.58.